The highest BCUT2D eigenvalue weighted by molar-refractivity contribution is 7.09. The highest BCUT2D eigenvalue weighted by atomic mass is 32.1. The molecule has 0 aliphatic carbocycles. The number of nitrogens with zero attached hydrogens (tertiary/aromatic N) is 2. The fourth-order valence-corrected chi connectivity index (χ4v) is 3.95. The van der Waals surface area contributed by atoms with Gasteiger partial charge in [0.15, 0.2) is 0 Å². The van der Waals surface area contributed by atoms with E-state index in [0.29, 0.717) is 19.4 Å². The quantitative estimate of drug-likeness (QED) is 0.905. The fraction of sp³-hybridized carbons (Fsp3) is 0.444. The number of carbonyl (C=O) groups is 1. The zero-order valence-corrected chi connectivity index (χ0v) is 14.4. The third kappa shape index (κ3) is 4.19. The lowest BCUT2D eigenvalue weighted by atomic mass is 10.0. The maximum atomic E-state index is 12.9. The summed E-state index contributed by atoms with van der Waals surface area (Å²) in [6, 6.07) is 6.61. The summed E-state index contributed by atoms with van der Waals surface area (Å²) in [6.07, 6.45) is 4.18. The van der Waals surface area contributed by atoms with Crippen LogP contribution < -0.4 is 5.73 Å². The molecule has 2 N–H and O–H groups in total. The van der Waals surface area contributed by atoms with Crippen molar-refractivity contribution < 1.29 is 9.18 Å². The maximum absolute atomic E-state index is 12.9. The van der Waals surface area contributed by atoms with E-state index in [2.05, 4.69) is 4.98 Å². The first kappa shape index (κ1) is 17.0. The van der Waals surface area contributed by atoms with E-state index in [1.807, 2.05) is 10.3 Å². The highest BCUT2D eigenvalue weighted by Crippen LogP contribution is 2.19. The molecule has 2 aromatic rings. The molecule has 1 fully saturated rings. The molecule has 0 bridgehead atoms. The standard InChI is InChI=1S/C18H22FN3OS/c19-14-6-4-13(5-7-14)9-17-21-15(12-24-17)10-18(23)22-8-2-1-3-16(22)11-20/h4-7,12,16H,1-3,8-11,20H2. The molecular weight excluding hydrogens is 325 g/mol. The first-order valence-corrected chi connectivity index (χ1v) is 9.21. The first-order valence-electron chi connectivity index (χ1n) is 8.33. The third-order valence-electron chi connectivity index (χ3n) is 4.42. The van der Waals surface area contributed by atoms with E-state index in [0.717, 1.165) is 42.1 Å². The molecule has 0 saturated carbocycles. The molecule has 1 unspecified atom stereocenters. The number of likely N-dealkylation sites (tertiary alicyclic amines) is 1. The monoisotopic (exact) mass is 347 g/mol. The Hall–Kier alpha value is -1.79. The van der Waals surface area contributed by atoms with Gasteiger partial charge < -0.3 is 10.6 Å². The van der Waals surface area contributed by atoms with Gasteiger partial charge in [-0.05, 0) is 37.0 Å². The molecule has 0 spiro atoms. The van der Waals surface area contributed by atoms with Crippen LogP contribution in [0, 0.1) is 5.82 Å². The van der Waals surface area contributed by atoms with Gasteiger partial charge in [-0.15, -0.1) is 11.3 Å². The van der Waals surface area contributed by atoms with Gasteiger partial charge in [0.25, 0.3) is 0 Å². The van der Waals surface area contributed by atoms with Gasteiger partial charge in [-0.2, -0.15) is 0 Å². The number of hydrogen-bond acceptors (Lipinski definition) is 4. The minimum atomic E-state index is -0.236. The van der Waals surface area contributed by atoms with E-state index in [-0.39, 0.29) is 17.8 Å². The molecule has 2 heterocycles. The average Bonchev–Trinajstić information content (AvgIpc) is 3.03. The number of carbonyl (C=O) groups excluding carboxylic acids is 1. The highest BCUT2D eigenvalue weighted by Gasteiger charge is 2.25. The summed E-state index contributed by atoms with van der Waals surface area (Å²) in [6.45, 7) is 1.33. The molecule has 3 rings (SSSR count). The van der Waals surface area contributed by atoms with E-state index in [9.17, 15) is 9.18 Å². The summed E-state index contributed by atoms with van der Waals surface area (Å²) < 4.78 is 12.9. The minimum absolute atomic E-state index is 0.115. The number of amides is 1. The Morgan fingerprint density at radius 3 is 2.88 bits per heavy atom. The van der Waals surface area contributed by atoms with Gasteiger partial charge >= 0.3 is 0 Å². The molecule has 1 aliphatic heterocycles. The van der Waals surface area contributed by atoms with E-state index in [1.54, 1.807) is 23.5 Å². The van der Waals surface area contributed by atoms with Gasteiger partial charge in [0.1, 0.15) is 5.82 Å². The van der Waals surface area contributed by atoms with Gasteiger partial charge in [0.05, 0.1) is 17.1 Å². The lowest BCUT2D eigenvalue weighted by molar-refractivity contribution is -0.133. The van der Waals surface area contributed by atoms with Crippen LogP contribution in [0.3, 0.4) is 0 Å². The Kier molecular flexibility index (Phi) is 5.58. The topological polar surface area (TPSA) is 59.2 Å². The largest absolute Gasteiger partial charge is 0.338 e. The molecule has 1 saturated heterocycles. The van der Waals surface area contributed by atoms with Crippen LogP contribution in [0.25, 0.3) is 0 Å². The lowest BCUT2D eigenvalue weighted by Gasteiger charge is -2.35. The Morgan fingerprint density at radius 1 is 1.33 bits per heavy atom. The number of nitrogens with two attached hydrogens (primary N) is 1. The van der Waals surface area contributed by atoms with Gasteiger partial charge in [-0.3, -0.25) is 4.79 Å². The number of aromatic nitrogens is 1. The fourth-order valence-electron chi connectivity index (χ4n) is 3.12. The first-order chi connectivity index (χ1) is 11.7. The van der Waals surface area contributed by atoms with Crippen molar-refractivity contribution in [1.29, 1.82) is 0 Å². The molecule has 24 heavy (non-hydrogen) atoms. The van der Waals surface area contributed by atoms with Crippen molar-refractivity contribution >= 4 is 17.2 Å². The van der Waals surface area contributed by atoms with Crippen LogP contribution >= 0.6 is 11.3 Å². The summed E-state index contributed by atoms with van der Waals surface area (Å²) >= 11 is 1.54. The zero-order chi connectivity index (χ0) is 16.9. The summed E-state index contributed by atoms with van der Waals surface area (Å²) in [5.74, 6) is -0.121. The molecule has 1 aromatic heterocycles. The molecule has 128 valence electrons. The van der Waals surface area contributed by atoms with Crippen LogP contribution in [0.1, 0.15) is 35.5 Å². The smallest absolute Gasteiger partial charge is 0.228 e. The number of halogens is 1. The summed E-state index contributed by atoms with van der Waals surface area (Å²) in [5.41, 5.74) is 7.62. The molecule has 1 amide bonds. The van der Waals surface area contributed by atoms with Gasteiger partial charge in [0, 0.05) is 30.9 Å². The Morgan fingerprint density at radius 2 is 2.12 bits per heavy atom. The molecule has 1 aromatic carbocycles. The number of hydrogen-bond donors (Lipinski definition) is 1. The van der Waals surface area contributed by atoms with E-state index in [4.69, 9.17) is 5.73 Å². The Balaban J connectivity index is 1.61. The lowest BCUT2D eigenvalue weighted by Crippen LogP contribution is -2.48. The van der Waals surface area contributed by atoms with Crippen LogP contribution in [0.4, 0.5) is 4.39 Å². The molecule has 0 radical (unpaired) electrons. The third-order valence-corrected chi connectivity index (χ3v) is 5.32. The number of thiazole rings is 1. The second-order valence-electron chi connectivity index (χ2n) is 6.19. The maximum Gasteiger partial charge on any atom is 0.228 e. The van der Waals surface area contributed by atoms with Gasteiger partial charge in [-0.25, -0.2) is 9.37 Å². The summed E-state index contributed by atoms with van der Waals surface area (Å²) in [4.78, 5) is 19.0. The normalized spacial score (nSPS) is 17.9. The van der Waals surface area contributed by atoms with E-state index >= 15 is 0 Å². The molecule has 4 nitrogen and oxygen atoms in total. The van der Waals surface area contributed by atoms with Crippen molar-refractivity contribution in [3.8, 4) is 0 Å². The predicted octanol–water partition coefficient (Wildman–Crippen LogP) is 2.76. The van der Waals surface area contributed by atoms with Crippen molar-refractivity contribution in [2.45, 2.75) is 38.1 Å². The molecule has 1 atom stereocenters. The van der Waals surface area contributed by atoms with Crippen molar-refractivity contribution in [1.82, 2.24) is 9.88 Å². The predicted molar refractivity (Wildman–Crippen MR) is 93.4 cm³/mol. The van der Waals surface area contributed by atoms with Gasteiger partial charge in [0.2, 0.25) is 5.91 Å². The van der Waals surface area contributed by atoms with Crippen molar-refractivity contribution in [2.75, 3.05) is 13.1 Å². The molecule has 6 heteroatoms. The van der Waals surface area contributed by atoms with E-state index < -0.39 is 0 Å². The number of benzene rings is 1. The summed E-state index contributed by atoms with van der Waals surface area (Å²) in [5, 5.41) is 2.89. The van der Waals surface area contributed by atoms with E-state index in [1.165, 1.54) is 12.1 Å². The zero-order valence-electron chi connectivity index (χ0n) is 13.6. The SMILES string of the molecule is NCC1CCCCN1C(=O)Cc1csc(Cc2ccc(F)cc2)n1. The average molecular weight is 347 g/mol. The van der Waals surface area contributed by atoms with Crippen LogP contribution in [-0.4, -0.2) is 34.9 Å². The number of rotatable bonds is 5. The van der Waals surface area contributed by atoms with Crippen molar-refractivity contribution in [3.05, 3.63) is 51.7 Å². The number of piperidine rings is 1. The van der Waals surface area contributed by atoms with Crippen molar-refractivity contribution in [2.24, 2.45) is 5.73 Å². The molecular formula is C18H22FN3OS. The van der Waals surface area contributed by atoms with Crippen LogP contribution in [0.2, 0.25) is 0 Å². The second-order valence-corrected chi connectivity index (χ2v) is 7.13. The van der Waals surface area contributed by atoms with Crippen LogP contribution in [-0.2, 0) is 17.6 Å². The Labute approximate surface area is 145 Å². The second kappa shape index (κ2) is 7.85. The summed E-state index contributed by atoms with van der Waals surface area (Å²) in [7, 11) is 0. The van der Waals surface area contributed by atoms with Gasteiger partial charge in [-0.1, -0.05) is 12.1 Å². The van der Waals surface area contributed by atoms with Crippen LogP contribution in [0.5, 0.6) is 0 Å². The Bertz CT molecular complexity index is 686. The van der Waals surface area contributed by atoms with Crippen LogP contribution in [0.15, 0.2) is 29.6 Å². The molecule has 1 aliphatic rings. The minimum Gasteiger partial charge on any atom is -0.338 e. The van der Waals surface area contributed by atoms with Crippen molar-refractivity contribution in [3.63, 3.8) is 0 Å².